The molecule has 12 heavy (non-hydrogen) atoms. The molecule has 1 aromatic carbocycles. The molecule has 0 bridgehead atoms. The normalized spacial score (nSPS) is 15.6. The quantitative estimate of drug-likeness (QED) is 0.700. The molecular formula is C10H15NO. The first-order chi connectivity index (χ1) is 5.70. The van der Waals surface area contributed by atoms with Crippen LogP contribution in [0.1, 0.15) is 12.5 Å². The van der Waals surface area contributed by atoms with Crippen LogP contribution >= 0.6 is 0 Å². The van der Waals surface area contributed by atoms with Crippen LogP contribution in [0.4, 0.5) is 0 Å². The van der Waals surface area contributed by atoms with Crippen molar-refractivity contribution in [2.75, 3.05) is 0 Å². The molecule has 3 N–H and O–H groups in total. The van der Waals surface area contributed by atoms with Crippen LogP contribution in [-0.4, -0.2) is 17.3 Å². The summed E-state index contributed by atoms with van der Waals surface area (Å²) < 4.78 is 0. The molecule has 0 amide bonds. The third-order valence-corrected chi connectivity index (χ3v) is 1.93. The fourth-order valence-electron chi connectivity index (χ4n) is 1.06. The van der Waals surface area contributed by atoms with E-state index in [4.69, 9.17) is 10.8 Å². The average molecular weight is 165 g/mol. The lowest BCUT2D eigenvalue weighted by atomic mass is 10.0. The van der Waals surface area contributed by atoms with Crippen molar-refractivity contribution in [2.24, 2.45) is 5.73 Å². The van der Waals surface area contributed by atoms with Gasteiger partial charge in [-0.05, 0) is 18.9 Å². The standard InChI is InChI=1S/C10H15NO/c1-8(12)10(11)7-9-5-3-2-4-6-9/h2-6,8,10,12H,7,11H2,1H3/t8-,10?/m1/s1. The predicted molar refractivity (Wildman–Crippen MR) is 49.8 cm³/mol. The Morgan fingerprint density at radius 2 is 1.92 bits per heavy atom. The van der Waals surface area contributed by atoms with Gasteiger partial charge in [-0.1, -0.05) is 30.3 Å². The molecule has 0 saturated carbocycles. The first-order valence-corrected chi connectivity index (χ1v) is 4.17. The molecular weight excluding hydrogens is 150 g/mol. The summed E-state index contributed by atoms with van der Waals surface area (Å²) >= 11 is 0. The Balaban J connectivity index is 2.53. The molecule has 0 aliphatic carbocycles. The van der Waals surface area contributed by atoms with Gasteiger partial charge in [-0.3, -0.25) is 0 Å². The van der Waals surface area contributed by atoms with Gasteiger partial charge < -0.3 is 10.8 Å². The average Bonchev–Trinajstić information content (AvgIpc) is 2.06. The summed E-state index contributed by atoms with van der Waals surface area (Å²) in [6.07, 6.45) is 0.295. The smallest absolute Gasteiger partial charge is 0.0666 e. The predicted octanol–water partition coefficient (Wildman–Crippen LogP) is 0.937. The Morgan fingerprint density at radius 1 is 1.33 bits per heavy atom. The Hall–Kier alpha value is -0.860. The Labute approximate surface area is 73.0 Å². The van der Waals surface area contributed by atoms with Gasteiger partial charge in [0.1, 0.15) is 0 Å². The molecule has 2 heteroatoms. The van der Waals surface area contributed by atoms with Crippen LogP contribution in [0, 0.1) is 0 Å². The molecule has 0 aliphatic heterocycles. The molecule has 0 heterocycles. The highest BCUT2D eigenvalue weighted by atomic mass is 16.3. The molecule has 1 rings (SSSR count). The van der Waals surface area contributed by atoms with Crippen molar-refractivity contribution in [3.63, 3.8) is 0 Å². The van der Waals surface area contributed by atoms with Crippen LogP contribution in [0.15, 0.2) is 30.3 Å². The number of hydrogen-bond acceptors (Lipinski definition) is 2. The number of hydrogen-bond donors (Lipinski definition) is 2. The SMILES string of the molecule is C[C@@H](O)C(N)Cc1ccccc1. The van der Waals surface area contributed by atoms with Crippen molar-refractivity contribution in [1.82, 2.24) is 0 Å². The molecule has 0 fully saturated rings. The maximum absolute atomic E-state index is 9.16. The van der Waals surface area contributed by atoms with E-state index in [9.17, 15) is 0 Å². The minimum atomic E-state index is -0.440. The summed E-state index contributed by atoms with van der Waals surface area (Å²) in [6.45, 7) is 1.72. The minimum Gasteiger partial charge on any atom is -0.392 e. The zero-order chi connectivity index (χ0) is 8.97. The van der Waals surface area contributed by atoms with E-state index in [1.54, 1.807) is 6.92 Å². The molecule has 0 aromatic heterocycles. The van der Waals surface area contributed by atoms with Crippen molar-refractivity contribution in [1.29, 1.82) is 0 Å². The lowest BCUT2D eigenvalue weighted by molar-refractivity contribution is 0.163. The number of benzene rings is 1. The highest BCUT2D eigenvalue weighted by Crippen LogP contribution is 2.03. The van der Waals surface area contributed by atoms with Gasteiger partial charge in [-0.25, -0.2) is 0 Å². The fraction of sp³-hybridized carbons (Fsp3) is 0.400. The van der Waals surface area contributed by atoms with Gasteiger partial charge in [0.15, 0.2) is 0 Å². The van der Waals surface area contributed by atoms with Gasteiger partial charge in [0.2, 0.25) is 0 Å². The zero-order valence-electron chi connectivity index (χ0n) is 7.27. The Kier molecular flexibility index (Phi) is 3.26. The summed E-state index contributed by atoms with van der Waals surface area (Å²) in [6, 6.07) is 9.79. The van der Waals surface area contributed by atoms with E-state index < -0.39 is 6.10 Å². The number of aliphatic hydroxyl groups excluding tert-OH is 1. The molecule has 0 radical (unpaired) electrons. The van der Waals surface area contributed by atoms with Crippen molar-refractivity contribution in [2.45, 2.75) is 25.5 Å². The largest absolute Gasteiger partial charge is 0.392 e. The fourth-order valence-corrected chi connectivity index (χ4v) is 1.06. The minimum absolute atomic E-state index is 0.160. The van der Waals surface area contributed by atoms with Gasteiger partial charge in [-0.2, -0.15) is 0 Å². The van der Waals surface area contributed by atoms with Gasteiger partial charge >= 0.3 is 0 Å². The van der Waals surface area contributed by atoms with Crippen LogP contribution in [0.5, 0.6) is 0 Å². The highest BCUT2D eigenvalue weighted by Gasteiger charge is 2.08. The lowest BCUT2D eigenvalue weighted by Gasteiger charge is -2.13. The first kappa shape index (κ1) is 9.23. The van der Waals surface area contributed by atoms with E-state index in [-0.39, 0.29) is 6.04 Å². The molecule has 1 unspecified atom stereocenters. The summed E-state index contributed by atoms with van der Waals surface area (Å²) in [5.74, 6) is 0. The number of rotatable bonds is 3. The van der Waals surface area contributed by atoms with E-state index in [2.05, 4.69) is 0 Å². The van der Waals surface area contributed by atoms with E-state index in [0.717, 1.165) is 6.42 Å². The van der Waals surface area contributed by atoms with Crippen molar-refractivity contribution in [3.05, 3.63) is 35.9 Å². The van der Waals surface area contributed by atoms with Crippen molar-refractivity contribution < 1.29 is 5.11 Å². The third-order valence-electron chi connectivity index (χ3n) is 1.93. The zero-order valence-corrected chi connectivity index (χ0v) is 7.27. The summed E-state index contributed by atoms with van der Waals surface area (Å²) in [4.78, 5) is 0. The Bertz CT molecular complexity index is 221. The number of aliphatic hydroxyl groups is 1. The molecule has 66 valence electrons. The molecule has 2 nitrogen and oxygen atoms in total. The van der Waals surface area contributed by atoms with Gasteiger partial charge in [0.05, 0.1) is 6.10 Å². The second kappa shape index (κ2) is 4.24. The van der Waals surface area contributed by atoms with E-state index in [1.807, 2.05) is 30.3 Å². The Morgan fingerprint density at radius 3 is 2.42 bits per heavy atom. The molecule has 0 aliphatic rings. The van der Waals surface area contributed by atoms with Crippen molar-refractivity contribution in [3.8, 4) is 0 Å². The molecule has 0 spiro atoms. The molecule has 2 atom stereocenters. The van der Waals surface area contributed by atoms with Crippen LogP contribution in [0.3, 0.4) is 0 Å². The van der Waals surface area contributed by atoms with Crippen LogP contribution in [0.2, 0.25) is 0 Å². The van der Waals surface area contributed by atoms with Gasteiger partial charge in [-0.15, -0.1) is 0 Å². The summed E-state index contributed by atoms with van der Waals surface area (Å²) in [7, 11) is 0. The second-order valence-electron chi connectivity index (χ2n) is 3.09. The van der Waals surface area contributed by atoms with E-state index in [1.165, 1.54) is 5.56 Å². The highest BCUT2D eigenvalue weighted by molar-refractivity contribution is 5.15. The van der Waals surface area contributed by atoms with Crippen LogP contribution < -0.4 is 5.73 Å². The monoisotopic (exact) mass is 165 g/mol. The maximum atomic E-state index is 9.16. The van der Waals surface area contributed by atoms with E-state index in [0.29, 0.717) is 0 Å². The summed E-state index contributed by atoms with van der Waals surface area (Å²) in [5, 5.41) is 9.16. The van der Waals surface area contributed by atoms with Gasteiger partial charge in [0.25, 0.3) is 0 Å². The van der Waals surface area contributed by atoms with Crippen LogP contribution in [0.25, 0.3) is 0 Å². The van der Waals surface area contributed by atoms with Gasteiger partial charge in [0, 0.05) is 6.04 Å². The lowest BCUT2D eigenvalue weighted by Crippen LogP contribution is -2.34. The molecule has 1 aromatic rings. The van der Waals surface area contributed by atoms with Crippen molar-refractivity contribution >= 4 is 0 Å². The number of nitrogens with two attached hydrogens (primary N) is 1. The molecule has 0 saturated heterocycles. The topological polar surface area (TPSA) is 46.2 Å². The maximum Gasteiger partial charge on any atom is 0.0666 e. The van der Waals surface area contributed by atoms with E-state index >= 15 is 0 Å². The van der Waals surface area contributed by atoms with Crippen LogP contribution in [-0.2, 0) is 6.42 Å². The first-order valence-electron chi connectivity index (χ1n) is 4.17. The third kappa shape index (κ3) is 2.64. The summed E-state index contributed by atoms with van der Waals surface area (Å²) in [5.41, 5.74) is 6.87. The second-order valence-corrected chi connectivity index (χ2v) is 3.09.